The third-order valence-corrected chi connectivity index (χ3v) is 4.75. The maximum absolute atomic E-state index is 13.2. The van der Waals surface area contributed by atoms with Crippen LogP contribution in [0.5, 0.6) is 0 Å². The Morgan fingerprint density at radius 1 is 1.50 bits per heavy atom. The number of benzene rings is 1. The Kier molecular flexibility index (Phi) is 4.70. The molecular formula is C13H16FN3O2S. The molecule has 5 nitrogen and oxygen atoms in total. The summed E-state index contributed by atoms with van der Waals surface area (Å²) >= 11 is 0. The summed E-state index contributed by atoms with van der Waals surface area (Å²) in [4.78, 5) is -0.0841. The minimum Gasteiger partial charge on any atom is -0.316 e. The molecular weight excluding hydrogens is 281 g/mol. The van der Waals surface area contributed by atoms with Crippen molar-refractivity contribution in [2.45, 2.75) is 17.7 Å². The molecule has 0 unspecified atom stereocenters. The summed E-state index contributed by atoms with van der Waals surface area (Å²) in [7, 11) is -3.70. The number of nitrogens with zero attached hydrogens (tertiary/aromatic N) is 1. The molecule has 1 fully saturated rings. The van der Waals surface area contributed by atoms with Crippen LogP contribution < -0.4 is 10.0 Å². The van der Waals surface area contributed by atoms with E-state index < -0.39 is 15.8 Å². The monoisotopic (exact) mass is 297 g/mol. The van der Waals surface area contributed by atoms with E-state index >= 15 is 0 Å². The fourth-order valence-corrected chi connectivity index (χ4v) is 3.31. The van der Waals surface area contributed by atoms with Gasteiger partial charge in [-0.3, -0.25) is 0 Å². The molecule has 0 aliphatic carbocycles. The predicted molar refractivity (Wildman–Crippen MR) is 71.9 cm³/mol. The van der Waals surface area contributed by atoms with Gasteiger partial charge in [0.1, 0.15) is 11.9 Å². The standard InChI is InChI=1S/C13H16FN3O2S/c14-13-4-3-12(6-11(13)7-15)20(18,19)17-9-10-2-1-5-16-8-10/h3-4,6,10,16-17H,1-2,5,8-9H2/t10-/m0/s1. The van der Waals surface area contributed by atoms with Crippen LogP contribution in [-0.2, 0) is 10.0 Å². The zero-order valence-corrected chi connectivity index (χ0v) is 11.7. The largest absolute Gasteiger partial charge is 0.316 e. The van der Waals surface area contributed by atoms with Crippen molar-refractivity contribution >= 4 is 10.0 Å². The lowest BCUT2D eigenvalue weighted by molar-refractivity contribution is 0.376. The van der Waals surface area contributed by atoms with Gasteiger partial charge in [0.2, 0.25) is 10.0 Å². The van der Waals surface area contributed by atoms with E-state index in [-0.39, 0.29) is 16.4 Å². The quantitative estimate of drug-likeness (QED) is 0.868. The predicted octanol–water partition coefficient (Wildman–Crippen LogP) is 0.975. The molecule has 1 heterocycles. The van der Waals surface area contributed by atoms with Gasteiger partial charge in [-0.1, -0.05) is 0 Å². The zero-order valence-electron chi connectivity index (χ0n) is 10.9. The van der Waals surface area contributed by atoms with E-state index in [9.17, 15) is 12.8 Å². The van der Waals surface area contributed by atoms with Gasteiger partial charge in [0.05, 0.1) is 10.5 Å². The second kappa shape index (κ2) is 6.31. The molecule has 0 bridgehead atoms. The highest BCUT2D eigenvalue weighted by molar-refractivity contribution is 7.89. The smallest absolute Gasteiger partial charge is 0.240 e. The van der Waals surface area contributed by atoms with Crippen LogP contribution in [-0.4, -0.2) is 28.1 Å². The van der Waals surface area contributed by atoms with Crippen LogP contribution in [0.1, 0.15) is 18.4 Å². The van der Waals surface area contributed by atoms with Gasteiger partial charge in [-0.25, -0.2) is 17.5 Å². The minimum absolute atomic E-state index is 0.0841. The molecule has 0 aromatic heterocycles. The second-order valence-corrected chi connectivity index (χ2v) is 6.58. The van der Waals surface area contributed by atoms with E-state index in [1.165, 1.54) is 0 Å². The molecule has 1 aliphatic rings. The van der Waals surface area contributed by atoms with Crippen LogP contribution >= 0.6 is 0 Å². The Morgan fingerprint density at radius 2 is 2.30 bits per heavy atom. The molecule has 20 heavy (non-hydrogen) atoms. The Bertz CT molecular complexity index is 619. The first-order valence-electron chi connectivity index (χ1n) is 6.43. The SMILES string of the molecule is N#Cc1cc(S(=O)(=O)NC[C@H]2CCCNC2)ccc1F. The Hall–Kier alpha value is -1.49. The molecule has 1 atom stereocenters. The first-order chi connectivity index (χ1) is 9.53. The highest BCUT2D eigenvalue weighted by Crippen LogP contribution is 2.15. The number of halogens is 1. The summed E-state index contributed by atoms with van der Waals surface area (Å²) in [5.74, 6) is -0.461. The first kappa shape index (κ1) is 14.9. The summed E-state index contributed by atoms with van der Waals surface area (Å²) in [5.41, 5.74) is -0.271. The van der Waals surface area contributed by atoms with Crippen LogP contribution in [0, 0.1) is 23.1 Å². The maximum Gasteiger partial charge on any atom is 0.240 e. The molecule has 1 aliphatic heterocycles. The highest BCUT2D eigenvalue weighted by atomic mass is 32.2. The Labute approximate surface area is 117 Å². The second-order valence-electron chi connectivity index (χ2n) is 4.82. The maximum atomic E-state index is 13.2. The summed E-state index contributed by atoms with van der Waals surface area (Å²) in [5, 5.41) is 11.9. The Balaban J connectivity index is 2.08. The first-order valence-corrected chi connectivity index (χ1v) is 7.91. The van der Waals surface area contributed by atoms with Gasteiger partial charge in [0.25, 0.3) is 0 Å². The lowest BCUT2D eigenvalue weighted by atomic mass is 10.0. The lowest BCUT2D eigenvalue weighted by Gasteiger charge is -2.22. The number of rotatable bonds is 4. The van der Waals surface area contributed by atoms with Crippen molar-refractivity contribution in [1.82, 2.24) is 10.0 Å². The number of nitriles is 1. The molecule has 0 radical (unpaired) electrons. The average Bonchev–Trinajstić information content (AvgIpc) is 2.46. The van der Waals surface area contributed by atoms with Gasteiger partial charge in [-0.2, -0.15) is 5.26 Å². The third kappa shape index (κ3) is 3.54. The molecule has 2 rings (SSSR count). The summed E-state index contributed by atoms with van der Waals surface area (Å²) < 4.78 is 39.9. The van der Waals surface area contributed by atoms with Gasteiger partial charge in [0, 0.05) is 6.54 Å². The van der Waals surface area contributed by atoms with Crippen molar-refractivity contribution in [3.63, 3.8) is 0 Å². The molecule has 1 aromatic carbocycles. The van der Waals surface area contributed by atoms with E-state index in [0.29, 0.717) is 6.54 Å². The summed E-state index contributed by atoms with van der Waals surface area (Å²) in [6, 6.07) is 4.85. The fourth-order valence-electron chi connectivity index (χ4n) is 2.17. The lowest BCUT2D eigenvalue weighted by Crippen LogP contribution is -2.38. The zero-order chi connectivity index (χ0) is 14.6. The molecule has 2 N–H and O–H groups in total. The van der Waals surface area contributed by atoms with E-state index in [1.54, 1.807) is 6.07 Å². The average molecular weight is 297 g/mol. The van der Waals surface area contributed by atoms with Crippen molar-refractivity contribution in [2.75, 3.05) is 19.6 Å². The molecule has 1 saturated heterocycles. The molecule has 1 aromatic rings. The summed E-state index contributed by atoms with van der Waals surface area (Å²) in [6.45, 7) is 2.09. The fraction of sp³-hybridized carbons (Fsp3) is 0.462. The number of piperidine rings is 1. The molecule has 0 saturated carbocycles. The van der Waals surface area contributed by atoms with Crippen molar-refractivity contribution in [3.05, 3.63) is 29.6 Å². The van der Waals surface area contributed by atoms with E-state index in [2.05, 4.69) is 10.0 Å². The minimum atomic E-state index is -3.70. The molecule has 108 valence electrons. The van der Waals surface area contributed by atoms with Gasteiger partial charge in [0.15, 0.2) is 0 Å². The topological polar surface area (TPSA) is 82.0 Å². The number of hydrogen-bond acceptors (Lipinski definition) is 4. The number of sulfonamides is 1. The van der Waals surface area contributed by atoms with Crippen molar-refractivity contribution < 1.29 is 12.8 Å². The third-order valence-electron chi connectivity index (χ3n) is 3.33. The number of hydrogen-bond donors (Lipinski definition) is 2. The summed E-state index contributed by atoms with van der Waals surface area (Å²) in [6.07, 6.45) is 2.00. The van der Waals surface area contributed by atoms with Gasteiger partial charge >= 0.3 is 0 Å². The highest BCUT2D eigenvalue weighted by Gasteiger charge is 2.19. The van der Waals surface area contributed by atoms with Crippen LogP contribution in [0.4, 0.5) is 4.39 Å². The van der Waals surface area contributed by atoms with E-state index in [0.717, 1.165) is 44.1 Å². The van der Waals surface area contributed by atoms with Crippen LogP contribution in [0.15, 0.2) is 23.1 Å². The van der Waals surface area contributed by atoms with Crippen LogP contribution in [0.2, 0.25) is 0 Å². The molecule has 7 heteroatoms. The molecule has 0 spiro atoms. The van der Waals surface area contributed by atoms with Crippen LogP contribution in [0.3, 0.4) is 0 Å². The van der Waals surface area contributed by atoms with E-state index in [4.69, 9.17) is 5.26 Å². The van der Waals surface area contributed by atoms with Gasteiger partial charge in [-0.05, 0) is 50.0 Å². The van der Waals surface area contributed by atoms with Crippen molar-refractivity contribution in [3.8, 4) is 6.07 Å². The normalized spacial score (nSPS) is 19.5. The van der Waals surface area contributed by atoms with Crippen molar-refractivity contribution in [2.24, 2.45) is 5.92 Å². The van der Waals surface area contributed by atoms with Crippen LogP contribution in [0.25, 0.3) is 0 Å². The molecule has 0 amide bonds. The van der Waals surface area contributed by atoms with Gasteiger partial charge in [-0.15, -0.1) is 0 Å². The Morgan fingerprint density at radius 3 is 2.95 bits per heavy atom. The number of nitrogens with one attached hydrogen (secondary N) is 2. The van der Waals surface area contributed by atoms with Gasteiger partial charge < -0.3 is 5.32 Å². The van der Waals surface area contributed by atoms with E-state index in [1.807, 2.05) is 0 Å². The van der Waals surface area contributed by atoms with Crippen molar-refractivity contribution in [1.29, 1.82) is 5.26 Å².